The number of hydrogen-bond acceptors (Lipinski definition) is 2. The van der Waals surface area contributed by atoms with Gasteiger partial charge in [-0.3, -0.25) is 0 Å². The fourth-order valence-corrected chi connectivity index (χ4v) is 1.66. The molecule has 1 N–H and O–H groups in total. The van der Waals surface area contributed by atoms with Crippen LogP contribution in [-0.2, 0) is 0 Å². The second-order valence-corrected chi connectivity index (χ2v) is 3.97. The highest BCUT2D eigenvalue weighted by molar-refractivity contribution is 4.84. The molecule has 2 nitrogen and oxygen atoms in total. The van der Waals surface area contributed by atoms with E-state index in [4.69, 9.17) is 0 Å². The highest BCUT2D eigenvalue weighted by Crippen LogP contribution is 2.20. The van der Waals surface area contributed by atoms with E-state index in [0.29, 0.717) is 5.54 Å². The van der Waals surface area contributed by atoms with Gasteiger partial charge in [0.15, 0.2) is 0 Å². The number of likely N-dealkylation sites (tertiary alicyclic amines) is 1. The first kappa shape index (κ1) is 9.01. The van der Waals surface area contributed by atoms with Crippen molar-refractivity contribution in [1.82, 2.24) is 10.2 Å². The summed E-state index contributed by atoms with van der Waals surface area (Å²) in [7, 11) is 4.28. The monoisotopic (exact) mass is 156 g/mol. The minimum absolute atomic E-state index is 0.394. The van der Waals surface area contributed by atoms with Crippen molar-refractivity contribution in [3.8, 4) is 0 Å². The molecule has 1 unspecified atom stereocenters. The molecule has 0 spiro atoms. The van der Waals surface area contributed by atoms with E-state index in [1.165, 1.54) is 32.4 Å². The Balaban J connectivity index is 2.45. The van der Waals surface area contributed by atoms with E-state index < -0.39 is 0 Å². The second-order valence-electron chi connectivity index (χ2n) is 3.97. The molecule has 0 aromatic rings. The van der Waals surface area contributed by atoms with E-state index in [2.05, 4.69) is 31.2 Å². The van der Waals surface area contributed by atoms with Gasteiger partial charge in [-0.25, -0.2) is 0 Å². The first-order valence-corrected chi connectivity index (χ1v) is 4.54. The highest BCUT2D eigenvalue weighted by atomic mass is 15.1. The van der Waals surface area contributed by atoms with Gasteiger partial charge >= 0.3 is 0 Å². The number of nitrogens with one attached hydrogen (secondary N) is 1. The minimum atomic E-state index is 0.394. The van der Waals surface area contributed by atoms with Crippen LogP contribution in [0.1, 0.15) is 26.2 Å². The van der Waals surface area contributed by atoms with E-state index in [9.17, 15) is 0 Å². The van der Waals surface area contributed by atoms with Crippen LogP contribution in [0, 0.1) is 0 Å². The van der Waals surface area contributed by atoms with Crippen molar-refractivity contribution < 1.29 is 0 Å². The molecule has 11 heavy (non-hydrogen) atoms. The smallest absolute Gasteiger partial charge is 0.0163 e. The molecule has 0 saturated carbocycles. The fraction of sp³-hybridized carbons (Fsp3) is 1.00. The second kappa shape index (κ2) is 3.55. The van der Waals surface area contributed by atoms with Crippen LogP contribution in [0.4, 0.5) is 0 Å². The van der Waals surface area contributed by atoms with Crippen LogP contribution in [0.15, 0.2) is 0 Å². The lowest BCUT2D eigenvalue weighted by atomic mass is 9.93. The SMILES string of the molecule is CNC1(C)CCCN(C)CC1. The van der Waals surface area contributed by atoms with Gasteiger partial charge in [-0.1, -0.05) is 0 Å². The maximum absolute atomic E-state index is 3.41. The summed E-state index contributed by atoms with van der Waals surface area (Å²) in [6.07, 6.45) is 3.92. The average molecular weight is 156 g/mol. The molecule has 0 aromatic heterocycles. The maximum atomic E-state index is 3.41. The van der Waals surface area contributed by atoms with E-state index in [1.54, 1.807) is 0 Å². The quantitative estimate of drug-likeness (QED) is 0.611. The molecule has 0 aromatic carbocycles. The summed E-state index contributed by atoms with van der Waals surface area (Å²) in [6.45, 7) is 4.82. The lowest BCUT2D eigenvalue weighted by Gasteiger charge is -2.27. The van der Waals surface area contributed by atoms with Gasteiger partial charge in [-0.15, -0.1) is 0 Å². The van der Waals surface area contributed by atoms with Gasteiger partial charge in [0.1, 0.15) is 0 Å². The van der Waals surface area contributed by atoms with Gasteiger partial charge in [-0.05, 0) is 53.4 Å². The zero-order chi connectivity index (χ0) is 8.32. The van der Waals surface area contributed by atoms with E-state index in [-0.39, 0.29) is 0 Å². The normalized spacial score (nSPS) is 35.2. The largest absolute Gasteiger partial charge is 0.314 e. The molecule has 2 heteroatoms. The van der Waals surface area contributed by atoms with Crippen molar-refractivity contribution in [2.24, 2.45) is 0 Å². The summed E-state index contributed by atoms with van der Waals surface area (Å²) in [5.41, 5.74) is 0.394. The van der Waals surface area contributed by atoms with Gasteiger partial charge in [0.05, 0.1) is 0 Å². The summed E-state index contributed by atoms with van der Waals surface area (Å²) in [5, 5.41) is 3.41. The zero-order valence-corrected chi connectivity index (χ0v) is 7.98. The van der Waals surface area contributed by atoms with Crippen LogP contribution < -0.4 is 5.32 Å². The van der Waals surface area contributed by atoms with Crippen LogP contribution >= 0.6 is 0 Å². The molecule has 0 radical (unpaired) electrons. The van der Waals surface area contributed by atoms with Gasteiger partial charge in [-0.2, -0.15) is 0 Å². The summed E-state index contributed by atoms with van der Waals surface area (Å²) in [6, 6.07) is 0. The molecule has 1 saturated heterocycles. The highest BCUT2D eigenvalue weighted by Gasteiger charge is 2.24. The van der Waals surface area contributed by atoms with Crippen molar-refractivity contribution in [3.05, 3.63) is 0 Å². The lowest BCUT2D eigenvalue weighted by molar-refractivity contribution is 0.312. The third-order valence-electron chi connectivity index (χ3n) is 2.92. The topological polar surface area (TPSA) is 15.3 Å². The van der Waals surface area contributed by atoms with Gasteiger partial charge in [0.2, 0.25) is 0 Å². The standard InChI is InChI=1S/C9H20N2/c1-9(10-2)5-4-7-11(3)8-6-9/h10H,4-8H2,1-3H3. The molecule has 1 fully saturated rings. The molecule has 1 aliphatic rings. The maximum Gasteiger partial charge on any atom is 0.0163 e. The van der Waals surface area contributed by atoms with Crippen LogP contribution in [0.5, 0.6) is 0 Å². The Morgan fingerprint density at radius 1 is 1.27 bits per heavy atom. The summed E-state index contributed by atoms with van der Waals surface area (Å²) in [5.74, 6) is 0. The first-order valence-electron chi connectivity index (χ1n) is 4.54. The van der Waals surface area contributed by atoms with Crippen LogP contribution in [0.3, 0.4) is 0 Å². The third-order valence-corrected chi connectivity index (χ3v) is 2.92. The van der Waals surface area contributed by atoms with Crippen LogP contribution in [-0.4, -0.2) is 37.6 Å². The fourth-order valence-electron chi connectivity index (χ4n) is 1.66. The van der Waals surface area contributed by atoms with Crippen molar-refractivity contribution in [2.45, 2.75) is 31.7 Å². The Morgan fingerprint density at radius 3 is 2.64 bits per heavy atom. The Labute approximate surface area is 70.0 Å². The van der Waals surface area contributed by atoms with Gasteiger partial charge in [0.25, 0.3) is 0 Å². The van der Waals surface area contributed by atoms with E-state index in [0.717, 1.165) is 0 Å². The minimum Gasteiger partial charge on any atom is -0.314 e. The molecule has 66 valence electrons. The van der Waals surface area contributed by atoms with E-state index in [1.807, 2.05) is 0 Å². The third kappa shape index (κ3) is 2.46. The predicted molar refractivity (Wildman–Crippen MR) is 48.8 cm³/mol. The Bertz CT molecular complexity index is 125. The molecule has 1 aliphatic heterocycles. The average Bonchev–Trinajstić information content (AvgIpc) is 2.15. The molecule has 1 atom stereocenters. The van der Waals surface area contributed by atoms with Crippen molar-refractivity contribution in [1.29, 1.82) is 0 Å². The molecule has 0 aliphatic carbocycles. The molecular formula is C9H20N2. The van der Waals surface area contributed by atoms with Crippen molar-refractivity contribution in [2.75, 3.05) is 27.2 Å². The van der Waals surface area contributed by atoms with Gasteiger partial charge < -0.3 is 10.2 Å². The molecule has 0 bridgehead atoms. The molecule has 1 rings (SSSR count). The summed E-state index contributed by atoms with van der Waals surface area (Å²) < 4.78 is 0. The summed E-state index contributed by atoms with van der Waals surface area (Å²) >= 11 is 0. The first-order chi connectivity index (χ1) is 5.16. The molecule has 0 amide bonds. The molecular weight excluding hydrogens is 136 g/mol. The Kier molecular flexibility index (Phi) is 2.90. The molecule has 1 heterocycles. The van der Waals surface area contributed by atoms with Crippen molar-refractivity contribution >= 4 is 0 Å². The van der Waals surface area contributed by atoms with Crippen LogP contribution in [0.2, 0.25) is 0 Å². The Hall–Kier alpha value is -0.0800. The predicted octanol–water partition coefficient (Wildman–Crippen LogP) is 1.08. The van der Waals surface area contributed by atoms with E-state index >= 15 is 0 Å². The Morgan fingerprint density at radius 2 is 2.00 bits per heavy atom. The zero-order valence-electron chi connectivity index (χ0n) is 7.98. The lowest BCUT2D eigenvalue weighted by Crippen LogP contribution is -2.40. The number of rotatable bonds is 1. The number of nitrogens with zero attached hydrogens (tertiary/aromatic N) is 1. The summed E-state index contributed by atoms with van der Waals surface area (Å²) in [4.78, 5) is 2.42. The van der Waals surface area contributed by atoms with Gasteiger partial charge in [0, 0.05) is 5.54 Å². The van der Waals surface area contributed by atoms with Crippen molar-refractivity contribution in [3.63, 3.8) is 0 Å². The number of hydrogen-bond donors (Lipinski definition) is 1. The van der Waals surface area contributed by atoms with Crippen LogP contribution in [0.25, 0.3) is 0 Å².